The van der Waals surface area contributed by atoms with Gasteiger partial charge >= 0.3 is 0 Å². The molecule has 0 aliphatic carbocycles. The molecule has 0 atom stereocenters. The third kappa shape index (κ3) is 3.81. The van der Waals surface area contributed by atoms with Crippen LogP contribution < -0.4 is 14.4 Å². The fraction of sp³-hybridized carbons (Fsp3) is 0.346. The molecule has 2 aliphatic heterocycles. The molecule has 0 unspecified atom stereocenters. The molecule has 1 fully saturated rings. The molecule has 0 radical (unpaired) electrons. The highest BCUT2D eigenvalue weighted by Gasteiger charge is 2.43. The maximum absolute atomic E-state index is 12.8. The molecular formula is C26H27N3O3. The Balaban J connectivity index is 1.36. The number of rotatable bonds is 3. The Kier molecular flexibility index (Phi) is 5.08. The van der Waals surface area contributed by atoms with Crippen molar-refractivity contribution in [3.05, 3.63) is 65.5 Å². The Labute approximate surface area is 188 Å². The quantitative estimate of drug-likeness (QED) is 0.597. The van der Waals surface area contributed by atoms with E-state index in [1.807, 2.05) is 19.1 Å². The molecule has 0 bridgehead atoms. The Morgan fingerprint density at radius 3 is 2.47 bits per heavy atom. The van der Waals surface area contributed by atoms with E-state index in [4.69, 9.17) is 14.5 Å². The van der Waals surface area contributed by atoms with Crippen LogP contribution in [0.1, 0.15) is 41.0 Å². The molecular weight excluding hydrogens is 402 g/mol. The predicted molar refractivity (Wildman–Crippen MR) is 124 cm³/mol. The van der Waals surface area contributed by atoms with Crippen LogP contribution in [0.3, 0.4) is 0 Å². The van der Waals surface area contributed by atoms with E-state index in [9.17, 15) is 4.79 Å². The summed E-state index contributed by atoms with van der Waals surface area (Å²) in [6.45, 7) is 5.56. The van der Waals surface area contributed by atoms with Gasteiger partial charge in [0.05, 0.1) is 24.8 Å². The lowest BCUT2D eigenvalue weighted by molar-refractivity contribution is 0.0229. The molecule has 1 spiro atoms. The molecule has 3 aromatic rings. The number of hydrogen-bond donors (Lipinski definition) is 0. The van der Waals surface area contributed by atoms with Gasteiger partial charge < -0.3 is 14.4 Å². The maximum Gasteiger partial charge on any atom is 0.170 e. The summed E-state index contributed by atoms with van der Waals surface area (Å²) in [6, 6.07) is 15.9. The standard InChI is InChI=1S/C26H27N3O3/c1-17-4-6-19(7-5-17)22-15-25(28-18(2)27-22)29-12-10-26(11-13-29)16-23(30)21-9-8-20(31-3)14-24(21)32-26/h4-9,14-15H,10-13,16H2,1-3H3. The number of carbonyl (C=O) groups is 1. The number of piperidine rings is 1. The second-order valence-corrected chi connectivity index (χ2v) is 8.76. The van der Waals surface area contributed by atoms with Gasteiger partial charge in [0, 0.05) is 43.6 Å². The minimum atomic E-state index is -0.463. The molecule has 0 N–H and O–H groups in total. The first-order chi connectivity index (χ1) is 15.4. The Morgan fingerprint density at radius 1 is 1.00 bits per heavy atom. The maximum atomic E-state index is 12.8. The number of anilines is 1. The molecule has 0 amide bonds. The number of fused-ring (bicyclic) bond motifs is 1. The summed E-state index contributed by atoms with van der Waals surface area (Å²) in [5.74, 6) is 3.15. The van der Waals surface area contributed by atoms with E-state index in [0.29, 0.717) is 23.5 Å². The highest BCUT2D eigenvalue weighted by Crippen LogP contribution is 2.41. The van der Waals surface area contributed by atoms with Gasteiger partial charge in [0.2, 0.25) is 0 Å². The smallest absolute Gasteiger partial charge is 0.170 e. The fourth-order valence-corrected chi connectivity index (χ4v) is 4.61. The third-order valence-electron chi connectivity index (χ3n) is 6.47. The van der Waals surface area contributed by atoms with Crippen molar-refractivity contribution in [3.63, 3.8) is 0 Å². The average Bonchev–Trinajstić information content (AvgIpc) is 2.79. The second-order valence-electron chi connectivity index (χ2n) is 8.76. The first kappa shape index (κ1) is 20.5. The molecule has 5 rings (SSSR count). The molecule has 2 aromatic carbocycles. The minimum absolute atomic E-state index is 0.141. The number of hydrogen-bond acceptors (Lipinski definition) is 6. The highest BCUT2D eigenvalue weighted by molar-refractivity contribution is 6.00. The lowest BCUT2D eigenvalue weighted by Crippen LogP contribution is -2.51. The van der Waals surface area contributed by atoms with E-state index in [0.717, 1.165) is 48.8 Å². The monoisotopic (exact) mass is 429 g/mol. The largest absolute Gasteiger partial charge is 0.497 e. The zero-order valence-corrected chi connectivity index (χ0v) is 18.7. The van der Waals surface area contributed by atoms with Gasteiger partial charge in [-0.15, -0.1) is 0 Å². The zero-order chi connectivity index (χ0) is 22.3. The van der Waals surface area contributed by atoms with Gasteiger partial charge in [-0.1, -0.05) is 29.8 Å². The summed E-state index contributed by atoms with van der Waals surface area (Å²) in [6.07, 6.45) is 1.94. The van der Waals surface area contributed by atoms with Crippen molar-refractivity contribution in [2.24, 2.45) is 0 Å². The van der Waals surface area contributed by atoms with Crippen LogP contribution >= 0.6 is 0 Å². The van der Waals surface area contributed by atoms with Crippen LogP contribution in [-0.2, 0) is 0 Å². The van der Waals surface area contributed by atoms with E-state index in [2.05, 4.69) is 47.1 Å². The van der Waals surface area contributed by atoms with Gasteiger partial charge in [-0.25, -0.2) is 9.97 Å². The SMILES string of the molecule is COc1ccc2c(c1)OC1(CCN(c3cc(-c4ccc(C)cc4)nc(C)n3)CC1)CC2=O. The highest BCUT2D eigenvalue weighted by atomic mass is 16.5. The van der Waals surface area contributed by atoms with E-state index in [-0.39, 0.29) is 5.78 Å². The van der Waals surface area contributed by atoms with Crippen LogP contribution in [0.4, 0.5) is 5.82 Å². The van der Waals surface area contributed by atoms with Crippen LogP contribution in [0.2, 0.25) is 0 Å². The van der Waals surface area contributed by atoms with Gasteiger partial charge in [0.25, 0.3) is 0 Å². The van der Waals surface area contributed by atoms with Crippen LogP contribution in [0.15, 0.2) is 48.5 Å². The number of ketones is 1. The van der Waals surface area contributed by atoms with Crippen molar-refractivity contribution in [3.8, 4) is 22.8 Å². The Hall–Kier alpha value is -3.41. The molecule has 1 saturated heterocycles. The van der Waals surface area contributed by atoms with E-state index in [1.165, 1.54) is 5.56 Å². The molecule has 0 saturated carbocycles. The van der Waals surface area contributed by atoms with Crippen LogP contribution in [0.5, 0.6) is 11.5 Å². The fourth-order valence-electron chi connectivity index (χ4n) is 4.61. The van der Waals surface area contributed by atoms with Crippen LogP contribution in [-0.4, -0.2) is 41.6 Å². The number of benzene rings is 2. The number of ether oxygens (including phenoxy) is 2. The number of carbonyl (C=O) groups excluding carboxylic acids is 1. The molecule has 1 aromatic heterocycles. The number of nitrogens with zero attached hydrogens (tertiary/aromatic N) is 3. The first-order valence-corrected chi connectivity index (χ1v) is 11.0. The summed E-state index contributed by atoms with van der Waals surface area (Å²) in [5.41, 5.74) is 3.42. The van der Waals surface area contributed by atoms with E-state index < -0.39 is 5.60 Å². The molecule has 2 aliphatic rings. The lowest BCUT2D eigenvalue weighted by atomic mass is 9.82. The minimum Gasteiger partial charge on any atom is -0.497 e. The van der Waals surface area contributed by atoms with Crippen molar-refractivity contribution in [1.82, 2.24) is 9.97 Å². The van der Waals surface area contributed by atoms with Crippen molar-refractivity contribution < 1.29 is 14.3 Å². The zero-order valence-electron chi connectivity index (χ0n) is 18.7. The van der Waals surface area contributed by atoms with Crippen LogP contribution in [0, 0.1) is 13.8 Å². The first-order valence-electron chi connectivity index (χ1n) is 11.0. The van der Waals surface area contributed by atoms with E-state index in [1.54, 1.807) is 13.2 Å². The number of methoxy groups -OCH3 is 1. The summed E-state index contributed by atoms with van der Waals surface area (Å²) >= 11 is 0. The molecule has 6 heteroatoms. The van der Waals surface area contributed by atoms with Crippen LogP contribution in [0.25, 0.3) is 11.3 Å². The average molecular weight is 430 g/mol. The molecule has 3 heterocycles. The third-order valence-corrected chi connectivity index (χ3v) is 6.47. The van der Waals surface area contributed by atoms with Gasteiger partial charge in [-0.3, -0.25) is 4.79 Å². The summed E-state index contributed by atoms with van der Waals surface area (Å²) in [5, 5.41) is 0. The normalized spacial score (nSPS) is 17.1. The summed E-state index contributed by atoms with van der Waals surface area (Å²) in [7, 11) is 1.62. The van der Waals surface area contributed by atoms with Crippen molar-refractivity contribution in [2.75, 3.05) is 25.1 Å². The summed E-state index contributed by atoms with van der Waals surface area (Å²) < 4.78 is 11.7. The van der Waals surface area contributed by atoms with Gasteiger partial charge in [-0.05, 0) is 26.0 Å². The van der Waals surface area contributed by atoms with Crippen molar-refractivity contribution in [1.29, 1.82) is 0 Å². The van der Waals surface area contributed by atoms with Crippen molar-refractivity contribution >= 4 is 11.6 Å². The lowest BCUT2D eigenvalue weighted by Gasteiger charge is -2.44. The number of Topliss-reactive ketones (excluding diaryl/α,β-unsaturated/α-hetero) is 1. The topological polar surface area (TPSA) is 64.6 Å². The van der Waals surface area contributed by atoms with Gasteiger partial charge in [-0.2, -0.15) is 0 Å². The Bertz CT molecular complexity index is 1170. The van der Waals surface area contributed by atoms with Gasteiger partial charge in [0.15, 0.2) is 5.78 Å². The predicted octanol–water partition coefficient (Wildman–Crippen LogP) is 4.77. The number of aryl methyl sites for hydroxylation is 2. The molecule has 6 nitrogen and oxygen atoms in total. The second kappa shape index (κ2) is 7.93. The summed E-state index contributed by atoms with van der Waals surface area (Å²) in [4.78, 5) is 24.4. The number of aromatic nitrogens is 2. The van der Waals surface area contributed by atoms with E-state index >= 15 is 0 Å². The van der Waals surface area contributed by atoms with Gasteiger partial charge in [0.1, 0.15) is 28.7 Å². The molecule has 164 valence electrons. The Morgan fingerprint density at radius 2 is 1.75 bits per heavy atom. The molecule has 32 heavy (non-hydrogen) atoms. The van der Waals surface area contributed by atoms with Crippen molar-refractivity contribution in [2.45, 2.75) is 38.7 Å².